The van der Waals surface area contributed by atoms with Crippen LogP contribution in [0.4, 0.5) is 0 Å². The molecule has 6 unspecified atom stereocenters. The van der Waals surface area contributed by atoms with Crippen LogP contribution >= 0.6 is 0 Å². The van der Waals surface area contributed by atoms with Gasteiger partial charge < -0.3 is 34.2 Å². The molecular weight excluding hydrogens is 450 g/mol. The van der Waals surface area contributed by atoms with Crippen molar-refractivity contribution in [3.8, 4) is 0 Å². The van der Waals surface area contributed by atoms with E-state index in [1.54, 1.807) is 13.2 Å². The number of methoxy groups -OCH3 is 1. The van der Waals surface area contributed by atoms with Gasteiger partial charge in [0.15, 0.2) is 0 Å². The molecular formula is C27H41NO7. The Labute approximate surface area is 208 Å². The van der Waals surface area contributed by atoms with E-state index in [1.165, 1.54) is 6.08 Å². The quantitative estimate of drug-likeness (QED) is 0.209. The number of hydrogen-bond acceptors (Lipinski definition) is 7. The van der Waals surface area contributed by atoms with E-state index in [0.717, 1.165) is 24.7 Å². The van der Waals surface area contributed by atoms with Crippen LogP contribution in [0.1, 0.15) is 53.4 Å². The lowest BCUT2D eigenvalue weighted by molar-refractivity contribution is -0.139. The number of nitrogens with one attached hydrogen (secondary N) is 1. The Bertz CT molecular complexity index is 818. The minimum atomic E-state index is -0.739. The summed E-state index contributed by atoms with van der Waals surface area (Å²) < 4.78 is 22.8. The van der Waals surface area contributed by atoms with Gasteiger partial charge in [-0.15, -0.1) is 0 Å². The van der Waals surface area contributed by atoms with Gasteiger partial charge in [-0.05, 0) is 39.5 Å². The second-order valence-corrected chi connectivity index (χ2v) is 10.2. The van der Waals surface area contributed by atoms with Crippen molar-refractivity contribution in [3.63, 3.8) is 0 Å². The highest BCUT2D eigenvalue weighted by atomic mass is 16.6. The molecule has 8 heteroatoms. The van der Waals surface area contributed by atoms with Gasteiger partial charge in [0.05, 0.1) is 37.1 Å². The molecule has 3 aliphatic rings. The van der Waals surface area contributed by atoms with E-state index in [9.17, 15) is 14.7 Å². The maximum absolute atomic E-state index is 12.2. The van der Waals surface area contributed by atoms with E-state index >= 15 is 0 Å². The number of ether oxygens (including phenoxy) is 4. The Balaban J connectivity index is 1.50. The summed E-state index contributed by atoms with van der Waals surface area (Å²) in [4.78, 5) is 23.2. The lowest BCUT2D eigenvalue weighted by Crippen LogP contribution is -2.50. The summed E-state index contributed by atoms with van der Waals surface area (Å²) in [7, 11) is 1.61. The molecule has 196 valence electrons. The van der Waals surface area contributed by atoms with E-state index in [0.29, 0.717) is 19.4 Å². The number of hydrogen-bond donors (Lipinski definition) is 2. The Hall–Kier alpha value is -1.84. The van der Waals surface area contributed by atoms with Crippen LogP contribution in [-0.4, -0.2) is 79.3 Å². The first-order valence-corrected chi connectivity index (χ1v) is 12.6. The summed E-state index contributed by atoms with van der Waals surface area (Å²) in [6, 6.07) is -0.0394. The molecule has 8 nitrogen and oxygen atoms in total. The standard InChI is InChI=1S/C27H41NO7/c1-17(7-10-24-26(31)27(16-33-27)15-21(35-24)12-13-29)6-9-23-18(2)14-22(20(4)34-23)28-25(30)11-8-19(3)32-5/h6-8,10-11,13,18-24,26,31H,9,12,14-16H2,1-5H3,(H,28,30)/b10-7+,11-8-,17-6+/t18-,19?,20?,21+,22?,23?,24?,26+,27?/m0/s1. The van der Waals surface area contributed by atoms with E-state index in [-0.39, 0.29) is 42.3 Å². The van der Waals surface area contributed by atoms with Crippen LogP contribution in [0.15, 0.2) is 36.0 Å². The average Bonchev–Trinajstić information content (AvgIpc) is 3.60. The van der Waals surface area contributed by atoms with Crippen molar-refractivity contribution in [1.29, 1.82) is 0 Å². The largest absolute Gasteiger partial charge is 0.387 e. The minimum absolute atomic E-state index is 0.0394. The number of aldehydes is 1. The van der Waals surface area contributed by atoms with Crippen LogP contribution in [0, 0.1) is 5.92 Å². The number of epoxide rings is 1. The molecule has 9 atom stereocenters. The SMILES string of the molecule is COC(C)/C=C\C(=O)NC1C[C@H](C)C(C/C=C(C)/C=C/C2O[C@H](CC=O)CC3(CO3)[C@@H]2O)OC1C. The number of carbonyl (C=O) groups excluding carboxylic acids is 2. The molecule has 0 bridgehead atoms. The molecule has 3 heterocycles. The number of aliphatic hydroxyl groups excluding tert-OH is 1. The molecule has 35 heavy (non-hydrogen) atoms. The average molecular weight is 492 g/mol. The predicted octanol–water partition coefficient (Wildman–Crippen LogP) is 2.64. The van der Waals surface area contributed by atoms with Gasteiger partial charge in [0, 0.05) is 26.0 Å². The highest BCUT2D eigenvalue weighted by Gasteiger charge is 2.58. The lowest BCUT2D eigenvalue weighted by Gasteiger charge is -2.39. The van der Waals surface area contributed by atoms with Crippen LogP contribution in [-0.2, 0) is 28.5 Å². The van der Waals surface area contributed by atoms with Crippen LogP contribution < -0.4 is 5.32 Å². The molecule has 0 saturated carbocycles. The van der Waals surface area contributed by atoms with Crippen LogP contribution in [0.25, 0.3) is 0 Å². The third kappa shape index (κ3) is 7.57. The number of amides is 1. The van der Waals surface area contributed by atoms with Gasteiger partial charge in [0.25, 0.3) is 0 Å². The monoisotopic (exact) mass is 491 g/mol. The van der Waals surface area contributed by atoms with Crippen molar-refractivity contribution in [2.75, 3.05) is 13.7 Å². The van der Waals surface area contributed by atoms with Crippen molar-refractivity contribution in [1.82, 2.24) is 5.32 Å². The maximum atomic E-state index is 12.2. The van der Waals surface area contributed by atoms with Gasteiger partial charge in [0.1, 0.15) is 24.1 Å². The molecule has 3 fully saturated rings. The zero-order valence-electron chi connectivity index (χ0n) is 21.5. The van der Waals surface area contributed by atoms with Gasteiger partial charge in [-0.1, -0.05) is 36.8 Å². The number of carbonyl (C=O) groups is 2. The second kappa shape index (κ2) is 12.4. The predicted molar refractivity (Wildman–Crippen MR) is 132 cm³/mol. The van der Waals surface area contributed by atoms with Gasteiger partial charge in [-0.2, -0.15) is 0 Å². The summed E-state index contributed by atoms with van der Waals surface area (Å²) in [5.74, 6) is 0.146. The molecule has 0 aromatic carbocycles. The van der Waals surface area contributed by atoms with Gasteiger partial charge in [-0.25, -0.2) is 0 Å². The summed E-state index contributed by atoms with van der Waals surface area (Å²) in [6.07, 6.45) is 10.8. The summed E-state index contributed by atoms with van der Waals surface area (Å²) in [5, 5.41) is 13.7. The fourth-order valence-corrected chi connectivity index (χ4v) is 4.79. The molecule has 0 aromatic rings. The molecule has 3 rings (SSSR count). The molecule has 3 aliphatic heterocycles. The van der Waals surface area contributed by atoms with Crippen molar-refractivity contribution < 1.29 is 33.6 Å². The molecule has 1 spiro atoms. The highest BCUT2D eigenvalue weighted by Crippen LogP contribution is 2.43. The van der Waals surface area contributed by atoms with Gasteiger partial charge in [0.2, 0.25) is 5.91 Å². The fraction of sp³-hybridized carbons (Fsp3) is 0.704. The van der Waals surface area contributed by atoms with Crippen molar-refractivity contribution in [2.45, 2.75) is 102 Å². The van der Waals surface area contributed by atoms with Gasteiger partial charge >= 0.3 is 0 Å². The van der Waals surface area contributed by atoms with E-state index in [1.807, 2.05) is 32.9 Å². The molecule has 2 N–H and O–H groups in total. The van der Waals surface area contributed by atoms with E-state index in [4.69, 9.17) is 18.9 Å². The number of allylic oxidation sites excluding steroid dienone is 2. The fourth-order valence-electron chi connectivity index (χ4n) is 4.79. The Morgan fingerprint density at radius 2 is 2.00 bits per heavy atom. The summed E-state index contributed by atoms with van der Waals surface area (Å²) in [5.41, 5.74) is 0.476. The minimum Gasteiger partial charge on any atom is -0.387 e. The zero-order valence-corrected chi connectivity index (χ0v) is 21.5. The smallest absolute Gasteiger partial charge is 0.244 e. The first kappa shape index (κ1) is 27.7. The molecule has 0 radical (unpaired) electrons. The van der Waals surface area contributed by atoms with Crippen LogP contribution in [0.2, 0.25) is 0 Å². The van der Waals surface area contributed by atoms with Crippen LogP contribution in [0.3, 0.4) is 0 Å². The van der Waals surface area contributed by atoms with Gasteiger partial charge in [-0.3, -0.25) is 4.79 Å². The molecule has 1 amide bonds. The Morgan fingerprint density at radius 1 is 1.26 bits per heavy atom. The lowest BCUT2D eigenvalue weighted by atomic mass is 9.87. The first-order chi connectivity index (χ1) is 16.7. The summed E-state index contributed by atoms with van der Waals surface area (Å²) >= 11 is 0. The third-order valence-electron chi connectivity index (χ3n) is 7.30. The van der Waals surface area contributed by atoms with Crippen molar-refractivity contribution in [2.24, 2.45) is 5.92 Å². The molecule has 3 saturated heterocycles. The third-order valence-corrected chi connectivity index (χ3v) is 7.30. The number of aliphatic hydroxyl groups is 1. The Morgan fingerprint density at radius 3 is 2.66 bits per heavy atom. The zero-order chi connectivity index (χ0) is 25.6. The topological polar surface area (TPSA) is 107 Å². The maximum Gasteiger partial charge on any atom is 0.244 e. The highest BCUT2D eigenvalue weighted by molar-refractivity contribution is 5.87. The van der Waals surface area contributed by atoms with E-state index in [2.05, 4.69) is 18.3 Å². The van der Waals surface area contributed by atoms with Crippen molar-refractivity contribution >= 4 is 12.2 Å². The molecule has 0 aromatic heterocycles. The normalized spacial score (nSPS) is 38.7. The summed E-state index contributed by atoms with van der Waals surface area (Å²) in [6.45, 7) is 8.53. The number of rotatable bonds is 10. The van der Waals surface area contributed by atoms with E-state index < -0.39 is 17.8 Å². The van der Waals surface area contributed by atoms with Crippen molar-refractivity contribution in [3.05, 3.63) is 36.0 Å². The molecule has 0 aliphatic carbocycles. The Kier molecular flexibility index (Phi) is 9.84. The first-order valence-electron chi connectivity index (χ1n) is 12.6. The second-order valence-electron chi connectivity index (χ2n) is 10.2. The van der Waals surface area contributed by atoms with Crippen LogP contribution in [0.5, 0.6) is 0 Å².